The van der Waals surface area contributed by atoms with Crippen LogP contribution in [0.5, 0.6) is 0 Å². The molecule has 0 bridgehead atoms. The van der Waals surface area contributed by atoms with Crippen molar-refractivity contribution in [3.05, 3.63) is 35.9 Å². The van der Waals surface area contributed by atoms with Gasteiger partial charge < -0.3 is 5.73 Å². The molecule has 0 spiro atoms. The normalized spacial score (nSPS) is 23.9. The smallest absolute Gasteiger partial charge is 0.279 e. The van der Waals surface area contributed by atoms with Crippen LogP contribution in [0.4, 0.5) is 0 Å². The van der Waals surface area contributed by atoms with Gasteiger partial charge in [-0.05, 0) is 24.4 Å². The molecule has 3 N–H and O–H groups in total. The largest absolute Gasteiger partial charge is 0.330 e. The van der Waals surface area contributed by atoms with Gasteiger partial charge in [-0.15, -0.1) is 0 Å². The molecule has 1 aliphatic rings. The van der Waals surface area contributed by atoms with Crippen molar-refractivity contribution in [3.8, 4) is 0 Å². The van der Waals surface area contributed by atoms with E-state index in [9.17, 15) is 8.42 Å². The van der Waals surface area contributed by atoms with Crippen molar-refractivity contribution in [1.29, 1.82) is 0 Å². The molecule has 0 radical (unpaired) electrons. The van der Waals surface area contributed by atoms with Crippen molar-refractivity contribution in [2.24, 2.45) is 11.7 Å². The van der Waals surface area contributed by atoms with Crippen LogP contribution in [0.15, 0.2) is 30.3 Å². The summed E-state index contributed by atoms with van der Waals surface area (Å²) in [5.41, 5.74) is 6.53. The third-order valence-electron chi connectivity index (χ3n) is 3.13. The molecule has 1 heterocycles. The van der Waals surface area contributed by atoms with Gasteiger partial charge in [-0.3, -0.25) is 0 Å². The third kappa shape index (κ3) is 3.29. The molecule has 2 rings (SSSR count). The quantitative estimate of drug-likeness (QED) is 0.825. The van der Waals surface area contributed by atoms with Gasteiger partial charge in [-0.25, -0.2) is 4.72 Å². The Bertz CT molecular complexity index is 475. The monoisotopic (exact) mass is 269 g/mol. The molecule has 1 aromatic rings. The van der Waals surface area contributed by atoms with Crippen molar-refractivity contribution in [1.82, 2.24) is 9.03 Å². The van der Waals surface area contributed by atoms with Crippen molar-refractivity contribution in [3.63, 3.8) is 0 Å². The maximum Gasteiger partial charge on any atom is 0.279 e. The van der Waals surface area contributed by atoms with Crippen LogP contribution in [0.2, 0.25) is 0 Å². The van der Waals surface area contributed by atoms with E-state index in [1.54, 1.807) is 0 Å². The summed E-state index contributed by atoms with van der Waals surface area (Å²) in [6.07, 6.45) is 0.841. The second-order valence-electron chi connectivity index (χ2n) is 4.57. The number of rotatable bonds is 4. The molecule has 5 nitrogen and oxygen atoms in total. The Kier molecular flexibility index (Phi) is 4.34. The molecule has 1 fully saturated rings. The molecule has 1 saturated heterocycles. The molecule has 0 aliphatic carbocycles. The molecular weight excluding hydrogens is 250 g/mol. The fourth-order valence-corrected chi connectivity index (χ4v) is 3.49. The molecular formula is C12H19N3O2S. The molecule has 100 valence electrons. The van der Waals surface area contributed by atoms with E-state index in [0.717, 1.165) is 12.0 Å². The van der Waals surface area contributed by atoms with Crippen LogP contribution < -0.4 is 10.5 Å². The van der Waals surface area contributed by atoms with E-state index >= 15 is 0 Å². The third-order valence-corrected chi connectivity index (χ3v) is 4.62. The van der Waals surface area contributed by atoms with Gasteiger partial charge in [0, 0.05) is 19.6 Å². The molecule has 1 atom stereocenters. The number of hydrogen-bond donors (Lipinski definition) is 2. The molecule has 18 heavy (non-hydrogen) atoms. The van der Waals surface area contributed by atoms with Gasteiger partial charge in [0.1, 0.15) is 0 Å². The number of benzene rings is 1. The Morgan fingerprint density at radius 3 is 2.72 bits per heavy atom. The molecule has 1 aromatic carbocycles. The van der Waals surface area contributed by atoms with Crippen LogP contribution >= 0.6 is 0 Å². The second kappa shape index (κ2) is 5.79. The maximum atomic E-state index is 11.9. The van der Waals surface area contributed by atoms with Crippen LogP contribution in [-0.4, -0.2) is 32.4 Å². The first-order valence-electron chi connectivity index (χ1n) is 6.10. The van der Waals surface area contributed by atoms with Gasteiger partial charge >= 0.3 is 0 Å². The molecule has 1 unspecified atom stereocenters. The Balaban J connectivity index is 2.08. The van der Waals surface area contributed by atoms with Crippen molar-refractivity contribution in [2.45, 2.75) is 13.0 Å². The summed E-state index contributed by atoms with van der Waals surface area (Å²) in [7, 11) is -3.33. The van der Waals surface area contributed by atoms with Crippen molar-refractivity contribution < 1.29 is 8.42 Å². The van der Waals surface area contributed by atoms with Gasteiger partial charge in [-0.2, -0.15) is 12.7 Å². The fraction of sp³-hybridized carbons (Fsp3) is 0.500. The minimum atomic E-state index is -3.33. The minimum absolute atomic E-state index is 0.294. The maximum absolute atomic E-state index is 11.9. The highest BCUT2D eigenvalue weighted by Crippen LogP contribution is 2.17. The number of nitrogens with two attached hydrogens (primary N) is 1. The Morgan fingerprint density at radius 2 is 2.06 bits per heavy atom. The summed E-state index contributed by atoms with van der Waals surface area (Å²) in [5, 5.41) is 0. The second-order valence-corrected chi connectivity index (χ2v) is 6.33. The standard InChI is InChI=1S/C12H19N3O2S/c13-7-6-12-8-14-18(16,17)15(10-12)9-11-4-2-1-3-5-11/h1-5,12,14H,6-10,13H2. The van der Waals surface area contributed by atoms with Crippen molar-refractivity contribution >= 4 is 10.2 Å². The minimum Gasteiger partial charge on any atom is -0.330 e. The van der Waals surface area contributed by atoms with E-state index < -0.39 is 10.2 Å². The first kappa shape index (κ1) is 13.5. The molecule has 6 heteroatoms. The zero-order valence-corrected chi connectivity index (χ0v) is 11.1. The fourth-order valence-electron chi connectivity index (χ4n) is 2.13. The topological polar surface area (TPSA) is 75.4 Å². The van der Waals surface area contributed by atoms with E-state index in [1.165, 1.54) is 4.31 Å². The zero-order chi connectivity index (χ0) is 13.0. The summed E-state index contributed by atoms with van der Waals surface area (Å²) in [4.78, 5) is 0. The zero-order valence-electron chi connectivity index (χ0n) is 10.2. The van der Waals surface area contributed by atoms with E-state index in [2.05, 4.69) is 4.72 Å². The SMILES string of the molecule is NCCC1CNS(=O)(=O)N(Cc2ccccc2)C1. The van der Waals surface area contributed by atoms with E-state index in [1.807, 2.05) is 30.3 Å². The van der Waals surface area contributed by atoms with Gasteiger partial charge in [-0.1, -0.05) is 30.3 Å². The number of hydrogen-bond acceptors (Lipinski definition) is 3. The Hall–Kier alpha value is -0.950. The van der Waals surface area contributed by atoms with Crippen molar-refractivity contribution in [2.75, 3.05) is 19.6 Å². The van der Waals surface area contributed by atoms with E-state index in [0.29, 0.717) is 32.1 Å². The van der Waals surface area contributed by atoms with Crippen LogP contribution in [-0.2, 0) is 16.8 Å². The highest BCUT2D eigenvalue weighted by molar-refractivity contribution is 7.87. The highest BCUT2D eigenvalue weighted by atomic mass is 32.2. The Morgan fingerprint density at radius 1 is 1.33 bits per heavy atom. The van der Waals surface area contributed by atoms with E-state index in [4.69, 9.17) is 5.73 Å². The van der Waals surface area contributed by atoms with Crippen LogP contribution in [0.3, 0.4) is 0 Å². The number of nitrogens with zero attached hydrogens (tertiary/aromatic N) is 1. The lowest BCUT2D eigenvalue weighted by atomic mass is 10.1. The summed E-state index contributed by atoms with van der Waals surface area (Å²) < 4.78 is 27.9. The number of nitrogens with one attached hydrogen (secondary N) is 1. The summed E-state index contributed by atoms with van der Waals surface area (Å²) in [6.45, 7) is 2.04. The predicted molar refractivity (Wildman–Crippen MR) is 70.9 cm³/mol. The predicted octanol–water partition coefficient (Wildman–Crippen LogP) is 0.302. The summed E-state index contributed by atoms with van der Waals surface area (Å²) in [5.74, 6) is 0.294. The molecule has 0 aromatic heterocycles. The summed E-state index contributed by atoms with van der Waals surface area (Å²) >= 11 is 0. The van der Waals surface area contributed by atoms with Gasteiger partial charge in [0.25, 0.3) is 10.2 Å². The average Bonchev–Trinajstić information content (AvgIpc) is 2.35. The van der Waals surface area contributed by atoms with Crippen LogP contribution in [0, 0.1) is 5.92 Å². The lowest BCUT2D eigenvalue weighted by Gasteiger charge is -2.32. The van der Waals surface area contributed by atoms with Crippen LogP contribution in [0.1, 0.15) is 12.0 Å². The molecule has 1 aliphatic heterocycles. The average molecular weight is 269 g/mol. The lowest BCUT2D eigenvalue weighted by Crippen LogP contribution is -2.51. The first-order valence-corrected chi connectivity index (χ1v) is 7.54. The van der Waals surface area contributed by atoms with Gasteiger partial charge in [0.2, 0.25) is 0 Å². The summed E-state index contributed by atoms with van der Waals surface area (Å²) in [6, 6.07) is 9.61. The van der Waals surface area contributed by atoms with Gasteiger partial charge in [0.05, 0.1) is 0 Å². The van der Waals surface area contributed by atoms with Gasteiger partial charge in [0.15, 0.2) is 0 Å². The Labute approximate surface area is 108 Å². The highest BCUT2D eigenvalue weighted by Gasteiger charge is 2.30. The molecule has 0 saturated carbocycles. The van der Waals surface area contributed by atoms with E-state index in [-0.39, 0.29) is 0 Å². The first-order chi connectivity index (χ1) is 8.62. The lowest BCUT2D eigenvalue weighted by molar-refractivity contribution is 0.294. The van der Waals surface area contributed by atoms with Crippen LogP contribution in [0.25, 0.3) is 0 Å². The molecule has 0 amide bonds.